The Bertz CT molecular complexity index is 548. The second-order valence-corrected chi connectivity index (χ2v) is 7.65. The van der Waals surface area contributed by atoms with Gasteiger partial charge < -0.3 is 9.47 Å². The second-order valence-electron chi connectivity index (χ2n) is 7.65. The highest BCUT2D eigenvalue weighted by Gasteiger charge is 2.27. The number of carbonyl (C=O) groups excluding carboxylic acids is 1. The molecule has 0 spiro atoms. The van der Waals surface area contributed by atoms with Gasteiger partial charge in [-0.25, -0.2) is 0 Å². The molecule has 0 aromatic carbocycles. The van der Waals surface area contributed by atoms with Crippen LogP contribution in [0.2, 0.25) is 0 Å². The van der Waals surface area contributed by atoms with Gasteiger partial charge in [-0.1, -0.05) is 38.5 Å². The Hall–Kier alpha value is -1.25. The molecular weight excluding hydrogens is 284 g/mol. The first-order chi connectivity index (χ1) is 11.1. The third-order valence-electron chi connectivity index (χ3n) is 6.10. The molecule has 0 N–H and O–H groups in total. The van der Waals surface area contributed by atoms with Crippen LogP contribution in [0.1, 0.15) is 92.0 Å². The fraction of sp³-hybridized carbons (Fsp3) is 0.750. The van der Waals surface area contributed by atoms with Gasteiger partial charge in [0.05, 0.1) is 5.56 Å². The van der Waals surface area contributed by atoms with E-state index < -0.39 is 0 Å². The van der Waals surface area contributed by atoms with Crippen LogP contribution in [0.4, 0.5) is 0 Å². The first-order valence-electron chi connectivity index (χ1n) is 9.55. The third kappa shape index (κ3) is 3.34. The van der Waals surface area contributed by atoms with E-state index in [-0.39, 0.29) is 5.91 Å². The standard InChI is InChI=1S/C20H32N2O/c1-15-14-19(16(2)22(15)18-12-8-5-9-13-18)20(23)21(3)17-10-6-4-7-11-17/h14,17-18H,4-13H2,1-3H3. The summed E-state index contributed by atoms with van der Waals surface area (Å²) in [5.74, 6) is 0.229. The maximum absolute atomic E-state index is 13.0. The van der Waals surface area contributed by atoms with E-state index in [0.29, 0.717) is 12.1 Å². The van der Waals surface area contributed by atoms with Gasteiger partial charge in [0.2, 0.25) is 0 Å². The number of rotatable bonds is 3. The maximum Gasteiger partial charge on any atom is 0.255 e. The van der Waals surface area contributed by atoms with Crippen LogP contribution in [0.25, 0.3) is 0 Å². The molecule has 2 aliphatic carbocycles. The van der Waals surface area contributed by atoms with Crippen molar-refractivity contribution in [3.05, 3.63) is 23.0 Å². The van der Waals surface area contributed by atoms with Crippen molar-refractivity contribution in [1.29, 1.82) is 0 Å². The zero-order valence-corrected chi connectivity index (χ0v) is 15.1. The summed E-state index contributed by atoms with van der Waals surface area (Å²) in [6.07, 6.45) is 12.8. The molecule has 1 heterocycles. The molecule has 2 aliphatic rings. The van der Waals surface area contributed by atoms with Crippen molar-refractivity contribution in [2.45, 2.75) is 90.1 Å². The normalized spacial score (nSPS) is 20.7. The van der Waals surface area contributed by atoms with Crippen molar-refractivity contribution < 1.29 is 4.79 Å². The molecule has 3 nitrogen and oxygen atoms in total. The highest BCUT2D eigenvalue weighted by atomic mass is 16.2. The van der Waals surface area contributed by atoms with Crippen LogP contribution in [-0.4, -0.2) is 28.5 Å². The highest BCUT2D eigenvalue weighted by molar-refractivity contribution is 5.95. The minimum atomic E-state index is 0.229. The summed E-state index contributed by atoms with van der Waals surface area (Å²) in [5.41, 5.74) is 3.37. The largest absolute Gasteiger partial charge is 0.345 e. The average molecular weight is 316 g/mol. The molecule has 2 fully saturated rings. The number of hydrogen-bond acceptors (Lipinski definition) is 1. The lowest BCUT2D eigenvalue weighted by Crippen LogP contribution is -2.38. The van der Waals surface area contributed by atoms with Crippen LogP contribution in [0.3, 0.4) is 0 Å². The molecule has 1 aromatic heterocycles. The van der Waals surface area contributed by atoms with Crippen molar-refractivity contribution >= 4 is 5.91 Å². The molecule has 128 valence electrons. The summed E-state index contributed by atoms with van der Waals surface area (Å²) < 4.78 is 2.45. The Morgan fingerprint density at radius 3 is 2.17 bits per heavy atom. The molecule has 23 heavy (non-hydrogen) atoms. The van der Waals surface area contributed by atoms with Gasteiger partial charge >= 0.3 is 0 Å². The molecule has 0 bridgehead atoms. The van der Waals surface area contributed by atoms with E-state index in [9.17, 15) is 4.79 Å². The van der Waals surface area contributed by atoms with E-state index in [1.54, 1.807) is 0 Å². The summed E-state index contributed by atoms with van der Waals surface area (Å²) in [5, 5.41) is 0. The van der Waals surface area contributed by atoms with E-state index >= 15 is 0 Å². The predicted octanol–water partition coefficient (Wildman–Crippen LogP) is 5.01. The minimum absolute atomic E-state index is 0.229. The molecule has 0 radical (unpaired) electrons. The fourth-order valence-corrected chi connectivity index (χ4v) is 4.72. The number of hydrogen-bond donors (Lipinski definition) is 0. The molecule has 3 heteroatoms. The molecular formula is C20H32N2O. The van der Waals surface area contributed by atoms with Gasteiger partial charge in [-0.3, -0.25) is 4.79 Å². The minimum Gasteiger partial charge on any atom is -0.345 e. The predicted molar refractivity (Wildman–Crippen MR) is 95.0 cm³/mol. The van der Waals surface area contributed by atoms with Crippen LogP contribution >= 0.6 is 0 Å². The monoisotopic (exact) mass is 316 g/mol. The van der Waals surface area contributed by atoms with Crippen molar-refractivity contribution in [1.82, 2.24) is 9.47 Å². The number of nitrogens with zero attached hydrogens (tertiary/aromatic N) is 2. The lowest BCUT2D eigenvalue weighted by molar-refractivity contribution is 0.0695. The van der Waals surface area contributed by atoms with Gasteiger partial charge in [-0.15, -0.1) is 0 Å². The Labute approximate surface area is 141 Å². The Morgan fingerprint density at radius 2 is 1.57 bits per heavy atom. The lowest BCUT2D eigenvalue weighted by Gasteiger charge is -2.31. The van der Waals surface area contributed by atoms with Gasteiger partial charge in [0.15, 0.2) is 0 Å². The molecule has 2 saturated carbocycles. The summed E-state index contributed by atoms with van der Waals surface area (Å²) in [4.78, 5) is 15.0. The number of aromatic nitrogens is 1. The van der Waals surface area contributed by atoms with E-state index in [1.165, 1.54) is 75.6 Å². The number of amides is 1. The third-order valence-corrected chi connectivity index (χ3v) is 6.10. The summed E-state index contributed by atoms with van der Waals surface area (Å²) in [7, 11) is 2.01. The van der Waals surface area contributed by atoms with Gasteiger partial charge in [0.25, 0.3) is 5.91 Å². The first kappa shape index (κ1) is 16.6. The highest BCUT2D eigenvalue weighted by Crippen LogP contribution is 2.33. The van der Waals surface area contributed by atoms with Crippen molar-refractivity contribution in [3.63, 3.8) is 0 Å². The maximum atomic E-state index is 13.0. The topological polar surface area (TPSA) is 25.2 Å². The van der Waals surface area contributed by atoms with Crippen LogP contribution in [-0.2, 0) is 0 Å². The van der Waals surface area contributed by atoms with Gasteiger partial charge in [-0.2, -0.15) is 0 Å². The van der Waals surface area contributed by atoms with E-state index in [1.807, 2.05) is 11.9 Å². The molecule has 3 rings (SSSR count). The Kier molecular flexibility index (Phi) is 5.13. The SMILES string of the molecule is Cc1cc(C(=O)N(C)C2CCCCC2)c(C)n1C1CCCCC1. The molecule has 1 amide bonds. The Morgan fingerprint density at radius 1 is 1.00 bits per heavy atom. The summed E-state index contributed by atoms with van der Waals surface area (Å²) >= 11 is 0. The Balaban J connectivity index is 1.80. The van der Waals surface area contributed by atoms with Gasteiger partial charge in [0.1, 0.15) is 0 Å². The van der Waals surface area contributed by atoms with Crippen LogP contribution in [0.5, 0.6) is 0 Å². The zero-order valence-electron chi connectivity index (χ0n) is 15.1. The average Bonchev–Trinajstić information content (AvgIpc) is 2.89. The fourth-order valence-electron chi connectivity index (χ4n) is 4.72. The van der Waals surface area contributed by atoms with Crippen molar-refractivity contribution in [3.8, 4) is 0 Å². The lowest BCUT2D eigenvalue weighted by atomic mass is 9.94. The first-order valence-corrected chi connectivity index (χ1v) is 9.55. The smallest absolute Gasteiger partial charge is 0.255 e. The van der Waals surface area contributed by atoms with E-state index in [0.717, 1.165) is 5.56 Å². The summed E-state index contributed by atoms with van der Waals surface area (Å²) in [6.45, 7) is 4.31. The van der Waals surface area contributed by atoms with Crippen LogP contribution < -0.4 is 0 Å². The molecule has 0 aliphatic heterocycles. The van der Waals surface area contributed by atoms with Gasteiger partial charge in [-0.05, 0) is 45.6 Å². The van der Waals surface area contributed by atoms with Crippen molar-refractivity contribution in [2.24, 2.45) is 0 Å². The van der Waals surface area contributed by atoms with Gasteiger partial charge in [0, 0.05) is 30.5 Å². The second kappa shape index (κ2) is 7.11. The van der Waals surface area contributed by atoms with E-state index in [4.69, 9.17) is 0 Å². The van der Waals surface area contributed by atoms with Crippen molar-refractivity contribution in [2.75, 3.05) is 7.05 Å². The molecule has 0 atom stereocenters. The number of aryl methyl sites for hydroxylation is 1. The molecule has 1 aromatic rings. The zero-order chi connectivity index (χ0) is 16.4. The van der Waals surface area contributed by atoms with Crippen LogP contribution in [0.15, 0.2) is 6.07 Å². The summed E-state index contributed by atoms with van der Waals surface area (Å²) in [6, 6.07) is 3.17. The molecule has 0 unspecified atom stereocenters. The quantitative estimate of drug-likeness (QED) is 0.769. The molecule has 0 saturated heterocycles. The van der Waals surface area contributed by atoms with Crippen LogP contribution in [0, 0.1) is 13.8 Å². The van der Waals surface area contributed by atoms with E-state index in [2.05, 4.69) is 24.5 Å². The number of carbonyl (C=O) groups is 1.